The molecule has 0 radical (unpaired) electrons. The van der Waals surface area contributed by atoms with Crippen LogP contribution in [0.3, 0.4) is 0 Å². The molecule has 0 aliphatic rings. The molecule has 1 aromatic heterocycles. The van der Waals surface area contributed by atoms with Crippen LogP contribution in [0.25, 0.3) is 16.1 Å². The lowest BCUT2D eigenvalue weighted by Gasteiger charge is -2.13. The number of benzene rings is 4. The van der Waals surface area contributed by atoms with Gasteiger partial charge >= 0.3 is 5.88 Å². The normalized spacial score (nSPS) is 11.0. The Kier molecular flexibility index (Phi) is 6.70. The number of hydrogen-bond donors (Lipinski definition) is 1. The summed E-state index contributed by atoms with van der Waals surface area (Å²) in [5.41, 5.74) is 0.550. The minimum atomic E-state index is -1.62. The first-order valence-corrected chi connectivity index (χ1v) is 12.2. The van der Waals surface area contributed by atoms with Gasteiger partial charge in [0.05, 0.1) is 11.1 Å². The topological polar surface area (TPSA) is 58.3 Å². The van der Waals surface area contributed by atoms with Crippen molar-refractivity contribution in [2.45, 2.75) is 5.92 Å². The van der Waals surface area contributed by atoms with Crippen molar-refractivity contribution in [1.29, 1.82) is 0 Å². The second-order valence-electron chi connectivity index (χ2n) is 8.25. The van der Waals surface area contributed by atoms with Crippen LogP contribution in [-0.4, -0.2) is 16.7 Å². The Hall–Kier alpha value is -4.49. The highest BCUT2D eigenvalue weighted by Crippen LogP contribution is 2.39. The number of para-hydroxylation sites is 1. The van der Waals surface area contributed by atoms with Crippen molar-refractivity contribution in [3.05, 3.63) is 137 Å². The Morgan fingerprint density at radius 1 is 0.676 bits per heavy atom. The average molecular weight is 513 g/mol. The number of hydrogen-bond acceptors (Lipinski definition) is 4. The molecule has 4 nitrogen and oxygen atoms in total. The Balaban J connectivity index is 1.80. The van der Waals surface area contributed by atoms with Crippen molar-refractivity contribution >= 4 is 22.9 Å². The number of rotatable bonds is 7. The van der Waals surface area contributed by atoms with E-state index >= 15 is 0 Å². The van der Waals surface area contributed by atoms with Crippen molar-refractivity contribution in [3.63, 3.8) is 0 Å². The maximum atomic E-state index is 14.8. The molecule has 0 spiro atoms. The monoisotopic (exact) mass is 512 g/mol. The smallest absolute Gasteiger partial charge is 0.390 e. The van der Waals surface area contributed by atoms with E-state index in [0.29, 0.717) is 16.1 Å². The van der Waals surface area contributed by atoms with Gasteiger partial charge in [0, 0.05) is 17.7 Å². The predicted molar refractivity (Wildman–Crippen MR) is 137 cm³/mol. The lowest BCUT2D eigenvalue weighted by atomic mass is 9.89. The third-order valence-electron chi connectivity index (χ3n) is 5.94. The highest BCUT2D eigenvalue weighted by Gasteiger charge is 2.44. The minimum absolute atomic E-state index is 0.129. The number of aromatic nitrogens is 1. The summed E-state index contributed by atoms with van der Waals surface area (Å²) in [6.45, 7) is 0. The fraction of sp³-hybridized carbons (Fsp3) is 0.0333. The van der Waals surface area contributed by atoms with Crippen LogP contribution in [0.1, 0.15) is 31.6 Å². The van der Waals surface area contributed by atoms with Crippen LogP contribution >= 0.6 is 11.3 Å². The molecule has 5 aromatic rings. The van der Waals surface area contributed by atoms with E-state index < -0.39 is 29.1 Å². The maximum Gasteiger partial charge on any atom is 0.390 e. The van der Waals surface area contributed by atoms with Crippen molar-refractivity contribution < 1.29 is 28.0 Å². The first-order valence-electron chi connectivity index (χ1n) is 11.4. The number of carbonyl (C=O) groups excluding carboxylic acids is 2. The number of ketones is 2. The molecule has 0 bridgehead atoms. The largest absolute Gasteiger partial charge is 0.458 e. The number of Topliss-reactive ketones (excluding diaryl/α,β-unsaturated/α-hetero) is 2. The molecule has 0 amide bonds. The van der Waals surface area contributed by atoms with Gasteiger partial charge in [-0.15, -0.1) is 4.57 Å². The van der Waals surface area contributed by atoms with Gasteiger partial charge in [0.15, 0.2) is 22.4 Å². The molecule has 0 unspecified atom stereocenters. The second kappa shape index (κ2) is 10.2. The van der Waals surface area contributed by atoms with Crippen LogP contribution in [0.5, 0.6) is 5.88 Å². The van der Waals surface area contributed by atoms with Gasteiger partial charge < -0.3 is 5.11 Å². The van der Waals surface area contributed by atoms with Gasteiger partial charge in [-0.05, 0) is 24.3 Å². The van der Waals surface area contributed by atoms with Crippen LogP contribution in [0.4, 0.5) is 8.78 Å². The van der Waals surface area contributed by atoms with Crippen LogP contribution in [-0.2, 0) is 0 Å². The first kappa shape index (κ1) is 24.2. The van der Waals surface area contributed by atoms with Crippen molar-refractivity contribution in [2.24, 2.45) is 0 Å². The minimum Gasteiger partial charge on any atom is -0.458 e. The van der Waals surface area contributed by atoms with E-state index in [1.165, 1.54) is 41.0 Å². The van der Waals surface area contributed by atoms with E-state index in [2.05, 4.69) is 0 Å². The van der Waals surface area contributed by atoms with E-state index in [0.717, 1.165) is 23.5 Å². The molecule has 0 aliphatic carbocycles. The molecule has 0 fully saturated rings. The third-order valence-corrected chi connectivity index (χ3v) is 7.19. The van der Waals surface area contributed by atoms with Gasteiger partial charge in [-0.2, -0.15) is 0 Å². The molecule has 4 aromatic carbocycles. The van der Waals surface area contributed by atoms with E-state index in [1.54, 1.807) is 54.6 Å². The summed E-state index contributed by atoms with van der Waals surface area (Å²) < 4.78 is 30.9. The quantitative estimate of drug-likeness (QED) is 0.153. The Labute approximate surface area is 215 Å². The van der Waals surface area contributed by atoms with Crippen LogP contribution in [0, 0.1) is 11.6 Å². The molecular formula is C30H20F2NO3S+. The van der Waals surface area contributed by atoms with Crippen LogP contribution < -0.4 is 4.57 Å². The molecule has 0 saturated heterocycles. The molecular weight excluding hydrogens is 492 g/mol. The molecule has 182 valence electrons. The summed E-state index contributed by atoms with van der Waals surface area (Å²) in [5, 5.41) is 11.5. The summed E-state index contributed by atoms with van der Waals surface area (Å²) in [7, 11) is 0. The predicted octanol–water partition coefficient (Wildman–Crippen LogP) is 6.53. The van der Waals surface area contributed by atoms with E-state index in [-0.39, 0.29) is 22.0 Å². The van der Waals surface area contributed by atoms with E-state index in [1.807, 2.05) is 6.07 Å². The number of nitrogens with zero attached hydrogens (tertiary/aromatic N) is 1. The van der Waals surface area contributed by atoms with Gasteiger partial charge in [0.2, 0.25) is 5.69 Å². The third kappa shape index (κ3) is 4.57. The first-order chi connectivity index (χ1) is 18.0. The molecule has 0 atom stereocenters. The molecule has 1 N–H and O–H groups in total. The molecule has 37 heavy (non-hydrogen) atoms. The van der Waals surface area contributed by atoms with Crippen molar-refractivity contribution in [1.82, 2.24) is 0 Å². The zero-order chi connectivity index (χ0) is 25.9. The molecule has 7 heteroatoms. The lowest BCUT2D eigenvalue weighted by molar-refractivity contribution is -0.605. The van der Waals surface area contributed by atoms with E-state index in [9.17, 15) is 23.5 Å². The number of aromatic hydroxyl groups is 1. The summed E-state index contributed by atoms with van der Waals surface area (Å²) in [6, 6.07) is 28.4. The molecule has 0 aliphatic heterocycles. The summed E-state index contributed by atoms with van der Waals surface area (Å²) >= 11 is 1.03. The summed E-state index contributed by atoms with van der Waals surface area (Å²) in [5.74, 6) is -5.08. The van der Waals surface area contributed by atoms with E-state index in [4.69, 9.17) is 0 Å². The lowest BCUT2D eigenvalue weighted by Crippen LogP contribution is -2.39. The highest BCUT2D eigenvalue weighted by molar-refractivity contribution is 7.15. The standard InChI is InChI=1S/C30H19F2NO3S/c31-23-17-9-7-15-21(23)26(34)25(27(35)22-16-8-10-18-24(22)32)30-33(20-13-5-2-6-14-20)29(36)28(37-30)19-11-3-1-4-12-19/h1-18,25H/p+1. The number of thiazole rings is 1. The molecule has 0 saturated carbocycles. The van der Waals surface area contributed by atoms with Gasteiger partial charge in [0.25, 0.3) is 5.01 Å². The van der Waals surface area contributed by atoms with Crippen molar-refractivity contribution in [3.8, 4) is 22.0 Å². The fourth-order valence-corrected chi connectivity index (χ4v) is 5.43. The van der Waals surface area contributed by atoms with Crippen molar-refractivity contribution in [2.75, 3.05) is 0 Å². The zero-order valence-electron chi connectivity index (χ0n) is 19.3. The molecule has 5 rings (SSSR count). The summed E-state index contributed by atoms with van der Waals surface area (Å²) in [4.78, 5) is 28.1. The average Bonchev–Trinajstić information content (AvgIpc) is 3.26. The SMILES string of the molecule is O=C(c1ccccc1F)C(C(=O)c1ccccc1F)c1sc(-c2ccccc2)c(O)[n+]1-c1ccccc1. The Bertz CT molecular complexity index is 1540. The van der Waals surface area contributed by atoms with Crippen LogP contribution in [0.15, 0.2) is 109 Å². The maximum absolute atomic E-state index is 14.8. The highest BCUT2D eigenvalue weighted by atomic mass is 32.1. The summed E-state index contributed by atoms with van der Waals surface area (Å²) in [6.07, 6.45) is 0. The van der Waals surface area contributed by atoms with Gasteiger partial charge in [0.1, 0.15) is 11.6 Å². The van der Waals surface area contributed by atoms with Gasteiger partial charge in [-0.3, -0.25) is 9.59 Å². The number of halogens is 2. The Morgan fingerprint density at radius 2 is 1.14 bits per heavy atom. The number of carbonyl (C=O) groups is 2. The van der Waals surface area contributed by atoms with Crippen LogP contribution in [0.2, 0.25) is 0 Å². The Morgan fingerprint density at radius 3 is 1.65 bits per heavy atom. The molecule has 1 heterocycles. The zero-order valence-corrected chi connectivity index (χ0v) is 20.2. The van der Waals surface area contributed by atoms with Gasteiger partial charge in [-0.1, -0.05) is 84.1 Å². The fourth-order valence-electron chi connectivity index (χ4n) is 4.17. The van der Waals surface area contributed by atoms with Gasteiger partial charge in [-0.25, -0.2) is 8.78 Å². The second-order valence-corrected chi connectivity index (χ2v) is 9.28.